The fourth-order valence-corrected chi connectivity index (χ4v) is 21.9. The van der Waals surface area contributed by atoms with Crippen molar-refractivity contribution in [1.29, 1.82) is 0 Å². The van der Waals surface area contributed by atoms with E-state index in [1.807, 2.05) is 6.07 Å². The maximum absolute atomic E-state index is 14.8. The molecule has 122 heavy (non-hydrogen) atoms. The Balaban J connectivity index is 0.00000138. The minimum Gasteiger partial charge on any atom is -1.00 e. The third-order valence-corrected chi connectivity index (χ3v) is 30.6. The van der Waals surface area contributed by atoms with E-state index in [1.165, 1.54) is 329 Å². The van der Waals surface area contributed by atoms with Gasteiger partial charge in [0.25, 0.3) is 23.5 Å². The maximum atomic E-state index is 14.8. The molecule has 0 saturated heterocycles. The molecule has 2 fully saturated rings. The number of hydrogen-bond acceptors (Lipinski definition) is 13. The first kappa shape index (κ1) is 116. The van der Waals surface area contributed by atoms with E-state index in [0.29, 0.717) is 63.7 Å². The Kier molecular flexibility index (Phi) is 72.3. The first-order valence-corrected chi connectivity index (χ1v) is 54.8. The van der Waals surface area contributed by atoms with E-state index < -0.39 is 71.0 Å². The van der Waals surface area contributed by atoms with Crippen LogP contribution in [0, 0.1) is 29.6 Å². The van der Waals surface area contributed by atoms with Gasteiger partial charge in [-0.05, 0) is 140 Å². The molecule has 2 aliphatic rings. The molecule has 3 heterocycles. The number of aliphatic hydroxyl groups is 2. The minimum atomic E-state index is -2.32. The molecule has 0 radical (unpaired) electrons. The zero-order chi connectivity index (χ0) is 88.2. The molecule has 5 N–H and O–H groups in total. The maximum Gasteiger partial charge on any atom is 1.00 e. The molecule has 0 aliphatic heterocycles. The van der Waals surface area contributed by atoms with E-state index in [2.05, 4.69) is 105 Å². The number of Topliss-reactive ketones (excluding diaryl/α,β-unsaturated/α-hetero) is 5. The summed E-state index contributed by atoms with van der Waals surface area (Å²) in [5.74, 6) is -4.61. The van der Waals surface area contributed by atoms with Crippen LogP contribution in [-0.4, -0.2) is 76.5 Å². The van der Waals surface area contributed by atoms with Gasteiger partial charge in [-0.15, -0.1) is 34.0 Å². The molecule has 2 saturated carbocycles. The van der Waals surface area contributed by atoms with Crippen LogP contribution in [-0.2, 0) is 44.8 Å². The van der Waals surface area contributed by atoms with Gasteiger partial charge >= 0.3 is 29.6 Å². The fraction of sp³-hybridized carbons (Fsp3) is 0.804. The van der Waals surface area contributed by atoms with Crippen molar-refractivity contribution in [3.63, 3.8) is 0 Å². The monoisotopic (exact) mass is 1960 g/mol. The summed E-state index contributed by atoms with van der Waals surface area (Å²) in [6, 6.07) is 10.4. The molecule has 2 aliphatic carbocycles. The molecule has 3 aromatic rings. The van der Waals surface area contributed by atoms with Gasteiger partial charge in [-0.2, -0.15) is 0 Å². The predicted molar refractivity (Wildman–Crippen MR) is 525 cm³/mol. The number of rotatable bonds is 74. The van der Waals surface area contributed by atoms with E-state index in [-0.39, 0.29) is 64.1 Å². The normalized spacial score (nSPS) is 15.9. The number of unbranched alkanes of at least 4 members (excludes halogenated alkanes) is 48. The molecule has 3 amide bonds. The second-order valence-corrected chi connectivity index (χ2v) is 43.5. The molecule has 0 bridgehead atoms. The van der Waals surface area contributed by atoms with Crippen molar-refractivity contribution in [2.24, 2.45) is 29.6 Å². The first-order chi connectivity index (χ1) is 58.7. The topological polar surface area (TPSA) is 213 Å². The molecule has 3 aromatic heterocycles. The van der Waals surface area contributed by atoms with Crippen LogP contribution in [0.2, 0.25) is 0 Å². The summed E-state index contributed by atoms with van der Waals surface area (Å²) in [5, 5.41) is 34.9. The Hall–Kier alpha value is -1.78. The van der Waals surface area contributed by atoms with E-state index in [4.69, 9.17) is 0 Å². The summed E-state index contributed by atoms with van der Waals surface area (Å²) >= 11 is 14.1. The van der Waals surface area contributed by atoms with Crippen LogP contribution in [0.1, 0.15) is 486 Å². The van der Waals surface area contributed by atoms with Gasteiger partial charge in [0.1, 0.15) is 23.1 Å². The predicted octanol–water partition coefficient (Wildman–Crippen LogP) is 27.8. The van der Waals surface area contributed by atoms with Crippen LogP contribution in [0.3, 0.4) is 0 Å². The number of halogens is 3. The van der Waals surface area contributed by atoms with E-state index in [0.717, 1.165) is 93.7 Å². The SMILES string of the molecule is CCCCCCCCCCCCC(CCCCCCCCCC)CNC(=O)C(=O)c1ccc(Br)s1.CCCCCCCCCCCCC(CCCCCCCCCC)CNC(=O)C(O)(c1ccc(Br)s1)C1CC(=O)C(C(O)(C(=O)NCC(CCCCCCCCCC)CCCCCCCCCCCC)c2ccc(Br)s2)CC1=O.O=C1CCC(=O)CC1.[H-].[Na+]. The standard InChI is InChI=1S/C66H112Br2N2O6S2.C30H52BrNO2S.C6H8O2.Na.H/c1-5-9-13-17-21-25-27-31-35-39-43-53(41-37-33-29-23-19-15-11-7-3)51-69-63(73)65(75,59-45-47-61(67)77-59)55-49-58(72)56(50-57(55)71)66(76,60-46-48-62(68)78-60)64(74)70-52-54(42-38-34-30-24-20-16-12-8-4)44-40-36-32-28-26-22-18-14-10-6-2;1-3-5-7-9-11-13-14-16-18-20-22-26(21-19-17-15-12-10-8-6-4-2)25-32-30(34)29(33)27-23-24-28(31)35-27;7-5-1-2-6(8)4-3-5;;/h45-48,53-56,75-76H,5-44,49-52H2,1-4H3,(H,69,73)(H,70,74);23-24,26H,3-22,25H2,1-2H3,(H,32,34);1-4H2;;/q;;;+1;-1. The zero-order valence-corrected chi connectivity index (χ0v) is 87.4. The second kappa shape index (κ2) is 75.8. The minimum absolute atomic E-state index is 0. The second-order valence-electron chi connectivity index (χ2n) is 36.1. The number of carbonyl (C=O) groups is 8. The third kappa shape index (κ3) is 52.3. The summed E-state index contributed by atoms with van der Waals surface area (Å²) in [6.45, 7) is 14.9. The van der Waals surface area contributed by atoms with Gasteiger partial charge in [0, 0.05) is 67.9 Å². The number of ketones is 5. The van der Waals surface area contributed by atoms with Crippen molar-refractivity contribution in [2.45, 2.75) is 477 Å². The third-order valence-electron chi connectivity index (χ3n) is 25.5. The number of hydrogen-bond donors (Lipinski definition) is 5. The zero-order valence-electron chi connectivity index (χ0n) is 79.2. The van der Waals surface area contributed by atoms with Crippen molar-refractivity contribution < 1.29 is 79.6 Å². The van der Waals surface area contributed by atoms with Crippen LogP contribution in [0.25, 0.3) is 0 Å². The van der Waals surface area contributed by atoms with Crippen LogP contribution >= 0.6 is 81.8 Å². The number of amides is 3. The van der Waals surface area contributed by atoms with Crippen LogP contribution in [0.4, 0.5) is 0 Å². The summed E-state index contributed by atoms with van der Waals surface area (Å²) in [5.41, 5.74) is -4.64. The van der Waals surface area contributed by atoms with Gasteiger partial charge in [0.05, 0.1) is 28.1 Å². The number of thiophene rings is 3. The summed E-state index contributed by atoms with van der Waals surface area (Å²) in [4.78, 5) is 106. The molecule has 0 aromatic carbocycles. The van der Waals surface area contributed by atoms with Gasteiger partial charge < -0.3 is 27.6 Å². The summed E-state index contributed by atoms with van der Waals surface area (Å²) < 4.78 is 2.25. The quantitative estimate of drug-likeness (QED) is 0.0156. The average molecular weight is 1960 g/mol. The van der Waals surface area contributed by atoms with Crippen LogP contribution in [0.15, 0.2) is 47.8 Å². The first-order valence-electron chi connectivity index (χ1n) is 49.9. The van der Waals surface area contributed by atoms with Gasteiger partial charge in [0.15, 0.2) is 11.2 Å². The molecular weight excluding hydrogens is 1790 g/mol. The Morgan fingerprint density at radius 3 is 0.762 bits per heavy atom. The Bertz CT molecular complexity index is 3030. The Labute approximate surface area is 804 Å². The Morgan fingerprint density at radius 2 is 0.549 bits per heavy atom. The van der Waals surface area contributed by atoms with E-state index in [9.17, 15) is 48.6 Å². The Morgan fingerprint density at radius 1 is 0.336 bits per heavy atom. The van der Waals surface area contributed by atoms with Gasteiger partial charge in [-0.1, -0.05) is 388 Å². The molecular formula is C102H173Br3N3NaO10S3. The molecule has 7 atom stereocenters. The molecule has 5 rings (SSSR count). The van der Waals surface area contributed by atoms with Crippen LogP contribution in [0.5, 0.6) is 0 Å². The largest absolute Gasteiger partial charge is 1.00 e. The smallest absolute Gasteiger partial charge is 1.00 e. The van der Waals surface area contributed by atoms with Crippen molar-refractivity contribution in [3.8, 4) is 0 Å². The van der Waals surface area contributed by atoms with Crippen molar-refractivity contribution in [2.75, 3.05) is 19.6 Å². The molecule has 20 heteroatoms. The fourth-order valence-electron chi connectivity index (χ4n) is 17.5. The average Bonchev–Trinajstić information content (AvgIpc) is 1.71. The summed E-state index contributed by atoms with van der Waals surface area (Å²) in [6.07, 6.45) is 76.2. The van der Waals surface area contributed by atoms with E-state index in [1.54, 1.807) is 30.3 Å². The van der Waals surface area contributed by atoms with Crippen molar-refractivity contribution in [3.05, 3.63) is 62.4 Å². The van der Waals surface area contributed by atoms with Gasteiger partial charge in [0.2, 0.25) is 0 Å². The van der Waals surface area contributed by atoms with Crippen LogP contribution < -0.4 is 45.5 Å². The van der Waals surface area contributed by atoms with Crippen molar-refractivity contribution in [1.82, 2.24) is 16.0 Å². The van der Waals surface area contributed by atoms with Gasteiger partial charge in [-0.25, -0.2) is 0 Å². The number of carbonyl (C=O) groups excluding carboxylic acids is 8. The van der Waals surface area contributed by atoms with Crippen molar-refractivity contribution >= 4 is 128 Å². The molecule has 7 unspecified atom stereocenters. The molecule has 0 spiro atoms. The van der Waals surface area contributed by atoms with E-state index >= 15 is 0 Å². The van der Waals surface area contributed by atoms with Gasteiger partial charge in [-0.3, -0.25) is 38.4 Å². The summed E-state index contributed by atoms with van der Waals surface area (Å²) in [7, 11) is 0. The molecule has 13 nitrogen and oxygen atoms in total. The molecule has 696 valence electrons. The number of nitrogens with one attached hydrogen (secondary N) is 3.